The Morgan fingerprint density at radius 1 is 1.33 bits per heavy atom. The normalized spacial score (nSPS) is 12.4. The van der Waals surface area contributed by atoms with Crippen LogP contribution in [0.15, 0.2) is 0 Å². The van der Waals surface area contributed by atoms with Gasteiger partial charge < -0.3 is 0 Å². The zero-order valence-electron chi connectivity index (χ0n) is 6.83. The largest absolute Gasteiger partial charge is 0.507 e. The molecule has 4 nitrogen and oxygen atoms in total. The van der Waals surface area contributed by atoms with E-state index in [4.69, 9.17) is 23.7 Å². The zero-order valence-corrected chi connectivity index (χ0v) is 9.23. The van der Waals surface area contributed by atoms with Crippen LogP contribution < -0.4 is 0 Å². The molecule has 0 bridgehead atoms. The minimum atomic E-state index is -3.71. The molecule has 0 aliphatic carbocycles. The van der Waals surface area contributed by atoms with Gasteiger partial charge in [-0.2, -0.15) is 8.15 Å². The Morgan fingerprint density at radius 3 is 2.17 bits per heavy atom. The predicted molar refractivity (Wildman–Crippen MR) is 46.9 cm³/mol. The topological polar surface area (TPSA) is 44.8 Å². The van der Waals surface area contributed by atoms with Crippen LogP contribution in [0.3, 0.4) is 0 Å². The van der Waals surface area contributed by atoms with E-state index >= 15 is 0 Å². The van der Waals surface area contributed by atoms with Crippen LogP contribution in [0.4, 0.5) is 0 Å². The lowest BCUT2D eigenvalue weighted by molar-refractivity contribution is 0.208. The van der Waals surface area contributed by atoms with Crippen molar-refractivity contribution in [3.05, 3.63) is 0 Å². The second-order valence-corrected chi connectivity index (χ2v) is 4.86. The van der Waals surface area contributed by atoms with Crippen molar-refractivity contribution < 1.29 is 17.2 Å². The van der Waals surface area contributed by atoms with Crippen molar-refractivity contribution in [1.82, 2.24) is 0 Å². The Hall–Kier alpha value is 0.690. The number of hydrogen-bond acceptors (Lipinski definition) is 4. The molecule has 0 aromatic rings. The molecule has 0 atom stereocenters. The summed E-state index contributed by atoms with van der Waals surface area (Å²) in [5, 5.41) is 0. The lowest BCUT2D eigenvalue weighted by Crippen LogP contribution is -1.97. The van der Waals surface area contributed by atoms with Crippen molar-refractivity contribution in [1.29, 1.82) is 0 Å². The van der Waals surface area contributed by atoms with Crippen molar-refractivity contribution >= 4 is 31.6 Å². The van der Waals surface area contributed by atoms with E-state index in [-0.39, 0.29) is 6.61 Å². The van der Waals surface area contributed by atoms with Gasteiger partial charge in [0.15, 0.2) is 0 Å². The standard InChI is InChI=1S/C5H11Cl2O4P/c1-5(2)3-4-9-12(8,10-6)11-7/h5H,3-4H2,1-2H3. The van der Waals surface area contributed by atoms with Crippen molar-refractivity contribution in [2.45, 2.75) is 20.3 Å². The Kier molecular flexibility index (Phi) is 6.55. The van der Waals surface area contributed by atoms with Crippen molar-refractivity contribution in [2.24, 2.45) is 5.92 Å². The number of halogens is 2. The van der Waals surface area contributed by atoms with Gasteiger partial charge in [0.25, 0.3) is 0 Å². The third kappa shape index (κ3) is 5.36. The molecular formula is C5H11Cl2O4P. The van der Waals surface area contributed by atoms with E-state index in [1.165, 1.54) is 0 Å². The molecule has 0 aromatic carbocycles. The molecule has 74 valence electrons. The molecule has 0 fully saturated rings. The highest BCUT2D eigenvalue weighted by Crippen LogP contribution is 2.51. The molecule has 0 heterocycles. The molecule has 0 unspecified atom stereocenters. The molecular weight excluding hydrogens is 226 g/mol. The molecule has 0 aromatic heterocycles. The first kappa shape index (κ1) is 12.7. The maximum absolute atomic E-state index is 11.0. The summed E-state index contributed by atoms with van der Waals surface area (Å²) in [4.78, 5) is 0. The summed E-state index contributed by atoms with van der Waals surface area (Å²) in [6.07, 6.45) is 0.727. The van der Waals surface area contributed by atoms with Crippen LogP contribution in [0.2, 0.25) is 0 Å². The van der Waals surface area contributed by atoms with Crippen LogP contribution in [0.5, 0.6) is 0 Å². The van der Waals surface area contributed by atoms with Gasteiger partial charge in [-0.25, -0.2) is 4.57 Å². The van der Waals surface area contributed by atoms with E-state index in [2.05, 4.69) is 12.7 Å². The third-order valence-electron chi connectivity index (χ3n) is 1.11. The van der Waals surface area contributed by atoms with E-state index in [1.54, 1.807) is 0 Å². The van der Waals surface area contributed by atoms with Crippen LogP contribution in [-0.4, -0.2) is 6.61 Å². The highest BCUT2D eigenvalue weighted by molar-refractivity contribution is 7.50. The van der Waals surface area contributed by atoms with E-state index < -0.39 is 7.82 Å². The average molecular weight is 237 g/mol. The van der Waals surface area contributed by atoms with Crippen LogP contribution in [0.25, 0.3) is 0 Å². The molecule has 0 aliphatic rings. The molecule has 0 radical (unpaired) electrons. The first-order valence-corrected chi connectivity index (χ1v) is 5.47. The van der Waals surface area contributed by atoms with Crippen LogP contribution in [0.1, 0.15) is 20.3 Å². The number of rotatable bonds is 6. The van der Waals surface area contributed by atoms with E-state index in [1.807, 2.05) is 13.8 Å². The van der Waals surface area contributed by atoms with Gasteiger partial charge in [0.1, 0.15) is 0 Å². The SMILES string of the molecule is CC(C)CCOP(=O)(OCl)OCl. The van der Waals surface area contributed by atoms with Crippen LogP contribution in [0, 0.1) is 5.92 Å². The van der Waals surface area contributed by atoms with Gasteiger partial charge in [-0.1, -0.05) is 13.8 Å². The van der Waals surface area contributed by atoms with Gasteiger partial charge in [-0.3, -0.25) is 4.52 Å². The van der Waals surface area contributed by atoms with Crippen molar-refractivity contribution in [3.8, 4) is 0 Å². The third-order valence-corrected chi connectivity index (χ3v) is 2.96. The van der Waals surface area contributed by atoms with Crippen molar-refractivity contribution in [3.63, 3.8) is 0 Å². The quantitative estimate of drug-likeness (QED) is 0.663. The minimum Gasteiger partial charge on any atom is -0.285 e. The second kappa shape index (κ2) is 6.19. The molecule has 7 heteroatoms. The lowest BCUT2D eigenvalue weighted by Gasteiger charge is -2.10. The first-order chi connectivity index (χ1) is 5.54. The molecule has 0 saturated heterocycles. The molecule has 0 aliphatic heterocycles. The molecule has 0 amide bonds. The maximum atomic E-state index is 11.0. The molecule has 0 rings (SSSR count). The Labute approximate surface area is 82.0 Å². The van der Waals surface area contributed by atoms with E-state index in [0.717, 1.165) is 6.42 Å². The van der Waals surface area contributed by atoms with E-state index in [9.17, 15) is 4.57 Å². The molecule has 0 N–H and O–H groups in total. The van der Waals surface area contributed by atoms with Gasteiger partial charge in [-0.15, -0.1) is 0 Å². The Bertz CT molecular complexity index is 156. The van der Waals surface area contributed by atoms with E-state index in [0.29, 0.717) is 5.92 Å². The minimum absolute atomic E-state index is 0.231. The summed E-state index contributed by atoms with van der Waals surface area (Å²) in [7, 11) is -3.71. The molecule has 0 spiro atoms. The highest BCUT2D eigenvalue weighted by atomic mass is 35.5. The summed E-state index contributed by atoms with van der Waals surface area (Å²) in [5.41, 5.74) is 0. The van der Waals surface area contributed by atoms with Crippen LogP contribution in [-0.2, 0) is 17.2 Å². The fourth-order valence-corrected chi connectivity index (χ4v) is 1.38. The van der Waals surface area contributed by atoms with Crippen molar-refractivity contribution in [2.75, 3.05) is 6.61 Å². The fraction of sp³-hybridized carbons (Fsp3) is 1.00. The predicted octanol–water partition coefficient (Wildman–Crippen LogP) is 3.50. The molecule has 12 heavy (non-hydrogen) atoms. The summed E-state index contributed by atoms with van der Waals surface area (Å²) < 4.78 is 23.5. The number of phosphoric acid groups is 1. The number of hydrogen-bond donors (Lipinski definition) is 0. The van der Waals surface area contributed by atoms with Gasteiger partial charge in [0, 0.05) is 0 Å². The van der Waals surface area contributed by atoms with Gasteiger partial charge in [0.05, 0.1) is 30.3 Å². The Balaban J connectivity index is 3.67. The van der Waals surface area contributed by atoms with Crippen LogP contribution >= 0.6 is 31.6 Å². The summed E-state index contributed by atoms with van der Waals surface area (Å²) in [6.45, 7) is 4.23. The van der Waals surface area contributed by atoms with Gasteiger partial charge in [-0.05, 0) is 12.3 Å². The molecule has 0 saturated carbocycles. The lowest BCUT2D eigenvalue weighted by atomic mass is 10.2. The average Bonchev–Trinajstić information content (AvgIpc) is 2.03. The smallest absolute Gasteiger partial charge is 0.285 e. The summed E-state index contributed by atoms with van der Waals surface area (Å²) in [5.74, 6) is 0.434. The maximum Gasteiger partial charge on any atom is 0.507 e. The zero-order chi connectivity index (χ0) is 9.61. The monoisotopic (exact) mass is 236 g/mol. The highest BCUT2D eigenvalue weighted by Gasteiger charge is 2.26. The second-order valence-electron chi connectivity index (χ2n) is 2.60. The summed E-state index contributed by atoms with van der Waals surface area (Å²) in [6, 6.07) is 0. The fourth-order valence-electron chi connectivity index (χ4n) is 0.451. The van der Waals surface area contributed by atoms with Gasteiger partial charge in [0.2, 0.25) is 0 Å². The Morgan fingerprint density at radius 2 is 1.83 bits per heavy atom. The van der Waals surface area contributed by atoms with Gasteiger partial charge >= 0.3 is 7.82 Å². The summed E-state index contributed by atoms with van der Waals surface area (Å²) >= 11 is 9.65. The first-order valence-electron chi connectivity index (χ1n) is 3.39.